The largest absolute Gasteiger partial charge is 0.394 e. The van der Waals surface area contributed by atoms with E-state index in [2.05, 4.69) is 30.1 Å². The van der Waals surface area contributed by atoms with Gasteiger partial charge >= 0.3 is 0 Å². The van der Waals surface area contributed by atoms with Gasteiger partial charge in [-0.2, -0.15) is 0 Å². The Kier molecular flexibility index (Phi) is 3.80. The predicted octanol–water partition coefficient (Wildman–Crippen LogP) is 2.30. The van der Waals surface area contributed by atoms with Gasteiger partial charge in [0.15, 0.2) is 0 Å². The fraction of sp³-hybridized carbons (Fsp3) is 0. The molecular weight excluding hydrogens is 169 g/mol. The van der Waals surface area contributed by atoms with Crippen LogP contribution in [0.3, 0.4) is 0 Å². The molecule has 0 bridgehead atoms. The minimum Gasteiger partial charge on any atom is -0.394 e. The summed E-state index contributed by atoms with van der Waals surface area (Å²) in [5, 5.41) is 0. The van der Waals surface area contributed by atoms with E-state index in [1.807, 2.05) is 38.3 Å². The monoisotopic (exact) mass is 183 g/mol. The molecule has 0 aliphatic carbocycles. The van der Waals surface area contributed by atoms with Crippen molar-refractivity contribution in [2.24, 2.45) is 0 Å². The number of benzene rings is 1. The summed E-state index contributed by atoms with van der Waals surface area (Å²) in [7, 11) is 2.01. The van der Waals surface area contributed by atoms with Crippen molar-refractivity contribution < 1.29 is 0 Å². The summed E-state index contributed by atoms with van der Waals surface area (Å²) in [4.78, 5) is 2.06. The Labute approximate surface area is 86.5 Å². The molecule has 0 atom stereocenters. The first-order chi connectivity index (χ1) is 6.79. The molecule has 0 fully saturated rings. The van der Waals surface area contributed by atoms with Crippen LogP contribution in [0.1, 0.15) is 0 Å². The molecule has 0 aromatic heterocycles. The van der Waals surface area contributed by atoms with Gasteiger partial charge in [-0.05, 0) is 24.3 Å². The van der Waals surface area contributed by atoms with Crippen molar-refractivity contribution >= 4 is 13.7 Å². The fourth-order valence-corrected chi connectivity index (χ4v) is 1.24. The van der Waals surface area contributed by atoms with Crippen LogP contribution in [0.4, 0.5) is 5.69 Å². The summed E-state index contributed by atoms with van der Waals surface area (Å²) in [5.74, 6) is 0. The number of para-hydroxylation sites is 1. The maximum Gasteiger partial charge on any atom is 0.223 e. The highest BCUT2D eigenvalue weighted by molar-refractivity contribution is 6.20. The third-order valence-corrected chi connectivity index (χ3v) is 2.03. The second kappa shape index (κ2) is 5.13. The van der Waals surface area contributed by atoms with Gasteiger partial charge in [0.25, 0.3) is 0 Å². The first-order valence-corrected chi connectivity index (χ1v) is 4.53. The third kappa shape index (κ3) is 2.39. The SMILES string of the molecule is BN(/C(C=C)=C/C=C)c1ccccc1. The number of rotatable bonds is 4. The lowest BCUT2D eigenvalue weighted by molar-refractivity contribution is 1.33. The van der Waals surface area contributed by atoms with Crippen LogP contribution < -0.4 is 4.81 Å². The number of anilines is 1. The van der Waals surface area contributed by atoms with Crippen molar-refractivity contribution in [3.63, 3.8) is 0 Å². The van der Waals surface area contributed by atoms with Gasteiger partial charge in [-0.3, -0.25) is 0 Å². The maximum absolute atomic E-state index is 3.77. The first-order valence-electron chi connectivity index (χ1n) is 4.53. The van der Waals surface area contributed by atoms with Crippen LogP contribution in [0.2, 0.25) is 0 Å². The van der Waals surface area contributed by atoms with Gasteiger partial charge in [0.2, 0.25) is 7.98 Å². The van der Waals surface area contributed by atoms with E-state index in [4.69, 9.17) is 0 Å². The zero-order valence-corrected chi connectivity index (χ0v) is 8.48. The number of nitrogens with zero attached hydrogens (tertiary/aromatic N) is 1. The van der Waals surface area contributed by atoms with Crippen LogP contribution in [0.15, 0.2) is 67.4 Å². The summed E-state index contributed by atoms with van der Waals surface area (Å²) >= 11 is 0. The van der Waals surface area contributed by atoms with Crippen LogP contribution >= 0.6 is 0 Å². The Morgan fingerprint density at radius 1 is 1.21 bits per heavy atom. The van der Waals surface area contributed by atoms with Crippen LogP contribution in [-0.4, -0.2) is 7.98 Å². The molecule has 2 heteroatoms. The minimum atomic E-state index is 1.03. The lowest BCUT2D eigenvalue weighted by atomic mass is 10.1. The van der Waals surface area contributed by atoms with E-state index < -0.39 is 0 Å². The Balaban J connectivity index is 2.94. The molecule has 0 aliphatic heterocycles. The molecule has 1 nitrogen and oxygen atoms in total. The number of hydrogen-bond acceptors (Lipinski definition) is 1. The maximum atomic E-state index is 3.77. The molecule has 0 saturated heterocycles. The van der Waals surface area contributed by atoms with E-state index in [1.54, 1.807) is 6.08 Å². The molecule has 14 heavy (non-hydrogen) atoms. The Morgan fingerprint density at radius 2 is 1.86 bits per heavy atom. The molecule has 0 aliphatic rings. The zero-order valence-electron chi connectivity index (χ0n) is 8.48. The van der Waals surface area contributed by atoms with Gasteiger partial charge in [-0.1, -0.05) is 37.4 Å². The Morgan fingerprint density at radius 3 is 2.36 bits per heavy atom. The topological polar surface area (TPSA) is 3.24 Å². The molecule has 0 spiro atoms. The molecule has 0 N–H and O–H groups in total. The first kappa shape index (κ1) is 10.4. The molecule has 1 aromatic rings. The average Bonchev–Trinajstić information content (AvgIpc) is 2.26. The van der Waals surface area contributed by atoms with Gasteiger partial charge < -0.3 is 4.81 Å². The summed E-state index contributed by atoms with van der Waals surface area (Å²) < 4.78 is 0. The van der Waals surface area contributed by atoms with Gasteiger partial charge in [0.1, 0.15) is 0 Å². The summed E-state index contributed by atoms with van der Waals surface area (Å²) in [5.41, 5.74) is 2.17. The average molecular weight is 183 g/mol. The van der Waals surface area contributed by atoms with Crippen LogP contribution in [0, 0.1) is 0 Å². The van der Waals surface area contributed by atoms with Crippen molar-refractivity contribution in [1.29, 1.82) is 0 Å². The Hall–Kier alpha value is -1.70. The van der Waals surface area contributed by atoms with E-state index >= 15 is 0 Å². The molecular formula is C12H14BN. The van der Waals surface area contributed by atoms with Gasteiger partial charge in [-0.15, -0.1) is 0 Å². The van der Waals surface area contributed by atoms with E-state index in [0.717, 1.165) is 11.4 Å². The zero-order chi connectivity index (χ0) is 10.4. The molecule has 0 saturated carbocycles. The van der Waals surface area contributed by atoms with Crippen molar-refractivity contribution in [2.45, 2.75) is 0 Å². The molecule has 1 rings (SSSR count). The highest BCUT2D eigenvalue weighted by Crippen LogP contribution is 2.16. The number of hydrogen-bond donors (Lipinski definition) is 0. The van der Waals surface area contributed by atoms with E-state index in [9.17, 15) is 0 Å². The quantitative estimate of drug-likeness (QED) is 0.511. The lowest BCUT2D eigenvalue weighted by Crippen LogP contribution is -2.16. The van der Waals surface area contributed by atoms with Crippen molar-refractivity contribution in [1.82, 2.24) is 0 Å². The second-order valence-electron chi connectivity index (χ2n) is 2.93. The Bertz CT molecular complexity index is 341. The lowest BCUT2D eigenvalue weighted by Gasteiger charge is -2.20. The van der Waals surface area contributed by atoms with Crippen LogP contribution in [0.5, 0.6) is 0 Å². The van der Waals surface area contributed by atoms with Crippen molar-refractivity contribution in [2.75, 3.05) is 4.81 Å². The minimum absolute atomic E-state index is 1.03. The fourth-order valence-electron chi connectivity index (χ4n) is 1.24. The highest BCUT2D eigenvalue weighted by Gasteiger charge is 2.00. The predicted molar refractivity (Wildman–Crippen MR) is 65.9 cm³/mol. The van der Waals surface area contributed by atoms with E-state index in [0.29, 0.717) is 0 Å². The summed E-state index contributed by atoms with van der Waals surface area (Å²) in [6.45, 7) is 7.44. The van der Waals surface area contributed by atoms with E-state index in [-0.39, 0.29) is 0 Å². The molecule has 0 heterocycles. The standard InChI is InChI=1S/C12H14BN/c1-3-8-11(4-2)14(13)12-9-6-5-7-10-12/h3-10H,1-2,13H2/b11-8+. The van der Waals surface area contributed by atoms with Crippen molar-refractivity contribution in [3.05, 3.63) is 67.4 Å². The second-order valence-corrected chi connectivity index (χ2v) is 2.93. The smallest absolute Gasteiger partial charge is 0.223 e. The molecule has 0 amide bonds. The van der Waals surface area contributed by atoms with Crippen LogP contribution in [0.25, 0.3) is 0 Å². The molecule has 0 radical (unpaired) electrons. The van der Waals surface area contributed by atoms with E-state index in [1.165, 1.54) is 0 Å². The molecule has 1 aromatic carbocycles. The number of allylic oxidation sites excluding steroid dienone is 3. The molecule has 70 valence electrons. The van der Waals surface area contributed by atoms with Gasteiger partial charge in [0.05, 0.1) is 0 Å². The summed E-state index contributed by atoms with van der Waals surface area (Å²) in [6.07, 6.45) is 5.51. The van der Waals surface area contributed by atoms with Gasteiger partial charge in [0, 0.05) is 11.4 Å². The third-order valence-electron chi connectivity index (χ3n) is 2.03. The van der Waals surface area contributed by atoms with Gasteiger partial charge in [-0.25, -0.2) is 0 Å². The van der Waals surface area contributed by atoms with Crippen molar-refractivity contribution in [3.8, 4) is 0 Å². The summed E-state index contributed by atoms with van der Waals surface area (Å²) in [6, 6.07) is 10.1. The van der Waals surface area contributed by atoms with Crippen LogP contribution in [-0.2, 0) is 0 Å². The normalized spacial score (nSPS) is 10.7. The highest BCUT2D eigenvalue weighted by atomic mass is 15.0. The molecule has 0 unspecified atom stereocenters.